The molecule has 1 heterocycles. The number of hydrogen-bond acceptors (Lipinski definition) is 4. The van der Waals surface area contributed by atoms with Gasteiger partial charge in [-0.3, -0.25) is 10.1 Å². The van der Waals surface area contributed by atoms with Crippen LogP contribution in [0.4, 0.5) is 11.4 Å². The van der Waals surface area contributed by atoms with E-state index in [0.717, 1.165) is 0 Å². The van der Waals surface area contributed by atoms with Gasteiger partial charge in [0.15, 0.2) is 5.75 Å². The van der Waals surface area contributed by atoms with Crippen LogP contribution in [0.15, 0.2) is 12.1 Å². The Bertz CT molecular complexity index is 394. The summed E-state index contributed by atoms with van der Waals surface area (Å²) in [6, 6.07) is 2.68. The molecule has 0 aromatic heterocycles. The van der Waals surface area contributed by atoms with Crippen molar-refractivity contribution in [2.75, 3.05) is 18.5 Å². The fourth-order valence-corrected chi connectivity index (χ4v) is 1.57. The molecule has 1 aliphatic heterocycles. The van der Waals surface area contributed by atoms with Gasteiger partial charge in [-0.05, 0) is 0 Å². The van der Waals surface area contributed by atoms with Crippen LogP contribution < -0.4 is 10.1 Å². The molecule has 0 saturated carbocycles. The molecule has 0 atom stereocenters. The van der Waals surface area contributed by atoms with Crippen LogP contribution in [-0.4, -0.2) is 18.1 Å². The van der Waals surface area contributed by atoms with Crippen molar-refractivity contribution in [3.05, 3.63) is 27.3 Å². The van der Waals surface area contributed by atoms with E-state index < -0.39 is 4.92 Å². The second-order valence-corrected chi connectivity index (χ2v) is 3.24. The Morgan fingerprint density at radius 3 is 3.07 bits per heavy atom. The van der Waals surface area contributed by atoms with Gasteiger partial charge >= 0.3 is 0 Å². The molecule has 5 nitrogen and oxygen atoms in total. The smallest absolute Gasteiger partial charge is 0.274 e. The van der Waals surface area contributed by atoms with Crippen LogP contribution in [0, 0.1) is 10.1 Å². The summed E-state index contributed by atoms with van der Waals surface area (Å²) in [6.45, 7) is 1.15. The van der Waals surface area contributed by atoms with Gasteiger partial charge in [-0.15, -0.1) is 0 Å². The summed E-state index contributed by atoms with van der Waals surface area (Å²) in [7, 11) is 0. The maximum atomic E-state index is 10.5. The van der Waals surface area contributed by atoms with Gasteiger partial charge < -0.3 is 10.1 Å². The van der Waals surface area contributed by atoms with Crippen molar-refractivity contribution in [3.63, 3.8) is 0 Å². The molecule has 0 aliphatic carbocycles. The van der Waals surface area contributed by atoms with Crippen LogP contribution in [0.1, 0.15) is 0 Å². The van der Waals surface area contributed by atoms with E-state index in [4.69, 9.17) is 16.3 Å². The van der Waals surface area contributed by atoms with Crippen molar-refractivity contribution < 1.29 is 9.66 Å². The number of fused-ring (bicyclic) bond motifs is 1. The first-order valence-corrected chi connectivity index (χ1v) is 4.41. The average Bonchev–Trinajstić information content (AvgIpc) is 2.17. The number of non-ortho nitro benzene ring substituents is 1. The van der Waals surface area contributed by atoms with E-state index in [2.05, 4.69) is 5.32 Å². The van der Waals surface area contributed by atoms with Gasteiger partial charge in [0.2, 0.25) is 0 Å². The lowest BCUT2D eigenvalue weighted by molar-refractivity contribution is -0.384. The lowest BCUT2D eigenvalue weighted by atomic mass is 10.2. The van der Waals surface area contributed by atoms with Gasteiger partial charge in [0, 0.05) is 12.6 Å². The molecule has 14 heavy (non-hydrogen) atoms. The van der Waals surface area contributed by atoms with E-state index in [1.165, 1.54) is 12.1 Å². The first-order chi connectivity index (χ1) is 6.68. The van der Waals surface area contributed by atoms with Gasteiger partial charge in [0.1, 0.15) is 6.61 Å². The molecule has 1 N–H and O–H groups in total. The van der Waals surface area contributed by atoms with Gasteiger partial charge in [-0.25, -0.2) is 0 Å². The maximum Gasteiger partial charge on any atom is 0.274 e. The summed E-state index contributed by atoms with van der Waals surface area (Å²) in [4.78, 5) is 10.0. The van der Waals surface area contributed by atoms with E-state index in [0.29, 0.717) is 29.6 Å². The number of rotatable bonds is 1. The topological polar surface area (TPSA) is 64.4 Å². The third kappa shape index (κ3) is 1.46. The Hall–Kier alpha value is -1.49. The van der Waals surface area contributed by atoms with Gasteiger partial charge in [-0.1, -0.05) is 11.6 Å². The molecule has 0 bridgehead atoms. The average molecular weight is 215 g/mol. The molecule has 0 saturated heterocycles. The zero-order chi connectivity index (χ0) is 10.1. The number of nitro groups is 1. The van der Waals surface area contributed by atoms with Crippen LogP contribution in [0.3, 0.4) is 0 Å². The van der Waals surface area contributed by atoms with E-state index in [9.17, 15) is 10.1 Å². The van der Waals surface area contributed by atoms with Gasteiger partial charge in [0.05, 0.1) is 21.7 Å². The van der Waals surface area contributed by atoms with Gasteiger partial charge in [0.25, 0.3) is 5.69 Å². The Morgan fingerprint density at radius 2 is 2.36 bits per heavy atom. The number of nitrogens with zero attached hydrogens (tertiary/aromatic N) is 1. The molecule has 74 valence electrons. The highest BCUT2D eigenvalue weighted by Crippen LogP contribution is 2.38. The van der Waals surface area contributed by atoms with Crippen LogP contribution in [0.25, 0.3) is 0 Å². The standard InChI is InChI=1S/C8H7ClN2O3/c9-6-3-5(11(12)13)4-7-8(6)10-1-2-14-7/h3-4,10H,1-2H2. The van der Waals surface area contributed by atoms with Gasteiger partial charge in [-0.2, -0.15) is 0 Å². The summed E-state index contributed by atoms with van der Waals surface area (Å²) >= 11 is 5.84. The van der Waals surface area contributed by atoms with Crippen molar-refractivity contribution in [2.45, 2.75) is 0 Å². The largest absolute Gasteiger partial charge is 0.489 e. The van der Waals surface area contributed by atoms with Crippen LogP contribution >= 0.6 is 11.6 Å². The second kappa shape index (κ2) is 3.34. The minimum atomic E-state index is -0.496. The molecule has 1 aliphatic rings. The predicted molar refractivity (Wildman–Crippen MR) is 52.1 cm³/mol. The minimum absolute atomic E-state index is 0.0579. The third-order valence-corrected chi connectivity index (χ3v) is 2.21. The maximum absolute atomic E-state index is 10.5. The molecule has 0 unspecified atom stereocenters. The first kappa shape index (κ1) is 9.08. The van der Waals surface area contributed by atoms with E-state index >= 15 is 0 Å². The van der Waals surface area contributed by atoms with Crippen molar-refractivity contribution in [2.24, 2.45) is 0 Å². The Labute approximate surface area is 84.8 Å². The summed E-state index contributed by atoms with van der Waals surface area (Å²) in [6.07, 6.45) is 0. The molecule has 0 amide bonds. The number of halogens is 1. The van der Waals surface area contributed by atoms with Crippen molar-refractivity contribution in [1.82, 2.24) is 0 Å². The van der Waals surface area contributed by atoms with Crippen LogP contribution in [0.2, 0.25) is 5.02 Å². The van der Waals surface area contributed by atoms with Crippen molar-refractivity contribution in [3.8, 4) is 5.75 Å². The molecule has 1 aromatic carbocycles. The molecule has 1 aromatic rings. The SMILES string of the molecule is O=[N+]([O-])c1cc(Cl)c2c(c1)OCCN2. The minimum Gasteiger partial charge on any atom is -0.489 e. The van der Waals surface area contributed by atoms with E-state index in [1.54, 1.807) is 0 Å². The molecule has 0 fully saturated rings. The number of nitro benzene ring substituents is 1. The molecular weight excluding hydrogens is 208 g/mol. The highest BCUT2D eigenvalue weighted by Gasteiger charge is 2.18. The summed E-state index contributed by atoms with van der Waals surface area (Å²) in [5, 5.41) is 13.8. The van der Waals surface area contributed by atoms with Crippen LogP contribution in [-0.2, 0) is 0 Å². The molecule has 0 spiro atoms. The van der Waals surface area contributed by atoms with Crippen LogP contribution in [0.5, 0.6) is 5.75 Å². The summed E-state index contributed by atoms with van der Waals surface area (Å²) in [5.74, 6) is 0.440. The third-order valence-electron chi connectivity index (χ3n) is 1.91. The number of nitrogens with one attached hydrogen (secondary N) is 1. The normalized spacial score (nSPS) is 13.8. The van der Waals surface area contributed by atoms with Crippen molar-refractivity contribution >= 4 is 23.0 Å². The number of ether oxygens (including phenoxy) is 1. The number of benzene rings is 1. The number of hydrogen-bond donors (Lipinski definition) is 1. The quantitative estimate of drug-likeness (QED) is 0.574. The fraction of sp³-hybridized carbons (Fsp3) is 0.250. The summed E-state index contributed by atoms with van der Waals surface area (Å²) < 4.78 is 5.24. The number of anilines is 1. The molecule has 6 heteroatoms. The van der Waals surface area contributed by atoms with E-state index in [-0.39, 0.29) is 5.69 Å². The molecular formula is C8H7ClN2O3. The lowest BCUT2D eigenvalue weighted by Crippen LogP contribution is -2.18. The Morgan fingerprint density at radius 1 is 1.57 bits per heavy atom. The zero-order valence-corrected chi connectivity index (χ0v) is 7.87. The molecule has 2 rings (SSSR count). The highest BCUT2D eigenvalue weighted by molar-refractivity contribution is 6.33. The Balaban J connectivity index is 2.51. The summed E-state index contributed by atoms with van der Waals surface area (Å²) in [5.41, 5.74) is 0.570. The van der Waals surface area contributed by atoms with E-state index in [1.807, 2.05) is 0 Å². The monoisotopic (exact) mass is 214 g/mol. The molecule has 0 radical (unpaired) electrons. The predicted octanol–water partition coefficient (Wildman–Crippen LogP) is 2.05. The highest BCUT2D eigenvalue weighted by atomic mass is 35.5. The Kier molecular flexibility index (Phi) is 2.17. The first-order valence-electron chi connectivity index (χ1n) is 4.03. The second-order valence-electron chi connectivity index (χ2n) is 2.83. The zero-order valence-electron chi connectivity index (χ0n) is 7.12. The fourth-order valence-electron chi connectivity index (χ4n) is 1.30. The van der Waals surface area contributed by atoms with Crippen molar-refractivity contribution in [1.29, 1.82) is 0 Å². The lowest BCUT2D eigenvalue weighted by Gasteiger charge is -2.19.